The molecular formula is C18H24N4O4S. The lowest BCUT2D eigenvalue weighted by Crippen LogP contribution is -2.40. The SMILES string of the molecule is Cc1noc(C)c1S(=O)(=O)N1CCC(Cn2nc(C3CC3)ccc2=O)CC1. The van der Waals surface area contributed by atoms with E-state index in [-0.39, 0.29) is 16.4 Å². The van der Waals surface area contributed by atoms with Gasteiger partial charge in [0.05, 0.1) is 5.69 Å². The first-order valence-electron chi connectivity index (χ1n) is 9.37. The summed E-state index contributed by atoms with van der Waals surface area (Å²) in [7, 11) is -3.60. The van der Waals surface area contributed by atoms with Crippen molar-refractivity contribution < 1.29 is 12.9 Å². The van der Waals surface area contributed by atoms with E-state index < -0.39 is 10.0 Å². The molecule has 0 spiro atoms. The van der Waals surface area contributed by atoms with Gasteiger partial charge in [0, 0.05) is 31.6 Å². The number of hydrogen-bond donors (Lipinski definition) is 0. The van der Waals surface area contributed by atoms with Crippen molar-refractivity contribution in [2.24, 2.45) is 5.92 Å². The molecule has 0 bridgehead atoms. The summed E-state index contributed by atoms with van der Waals surface area (Å²) < 4.78 is 33.9. The average Bonchev–Trinajstić information content (AvgIpc) is 3.42. The van der Waals surface area contributed by atoms with Crippen LogP contribution in [-0.4, -0.2) is 40.7 Å². The predicted molar refractivity (Wildman–Crippen MR) is 97.9 cm³/mol. The maximum Gasteiger partial charge on any atom is 0.266 e. The van der Waals surface area contributed by atoms with Crippen molar-refractivity contribution in [3.63, 3.8) is 0 Å². The van der Waals surface area contributed by atoms with Crippen molar-refractivity contribution in [1.29, 1.82) is 0 Å². The molecule has 1 aliphatic heterocycles. The van der Waals surface area contributed by atoms with E-state index in [1.54, 1.807) is 24.6 Å². The maximum absolute atomic E-state index is 12.9. The monoisotopic (exact) mass is 392 g/mol. The van der Waals surface area contributed by atoms with Crippen molar-refractivity contribution in [2.75, 3.05) is 13.1 Å². The largest absolute Gasteiger partial charge is 0.360 e. The molecule has 2 fully saturated rings. The molecule has 2 aromatic rings. The molecule has 2 aliphatic rings. The lowest BCUT2D eigenvalue weighted by Gasteiger charge is -2.31. The van der Waals surface area contributed by atoms with E-state index in [9.17, 15) is 13.2 Å². The summed E-state index contributed by atoms with van der Waals surface area (Å²) in [6, 6.07) is 3.42. The van der Waals surface area contributed by atoms with Gasteiger partial charge in [0.1, 0.15) is 10.6 Å². The molecule has 8 nitrogen and oxygen atoms in total. The van der Waals surface area contributed by atoms with Gasteiger partial charge in [0.2, 0.25) is 10.0 Å². The van der Waals surface area contributed by atoms with E-state index in [0.717, 1.165) is 18.5 Å². The first kappa shape index (κ1) is 18.4. The van der Waals surface area contributed by atoms with E-state index in [1.807, 2.05) is 6.07 Å². The van der Waals surface area contributed by atoms with E-state index in [2.05, 4.69) is 10.3 Å². The molecule has 0 unspecified atom stereocenters. The fraction of sp³-hybridized carbons (Fsp3) is 0.611. The topological polar surface area (TPSA) is 98.3 Å². The van der Waals surface area contributed by atoms with Crippen molar-refractivity contribution in [3.05, 3.63) is 39.6 Å². The molecule has 0 amide bonds. The van der Waals surface area contributed by atoms with Crippen LogP contribution < -0.4 is 5.56 Å². The van der Waals surface area contributed by atoms with E-state index in [4.69, 9.17) is 4.52 Å². The van der Waals surface area contributed by atoms with Crippen LogP contribution in [0.4, 0.5) is 0 Å². The van der Waals surface area contributed by atoms with Crippen LogP contribution in [0.1, 0.15) is 48.7 Å². The van der Waals surface area contributed by atoms with Gasteiger partial charge >= 0.3 is 0 Å². The zero-order valence-electron chi connectivity index (χ0n) is 15.6. The average molecular weight is 392 g/mol. The van der Waals surface area contributed by atoms with Crippen LogP contribution in [0.2, 0.25) is 0 Å². The maximum atomic E-state index is 12.9. The molecule has 1 saturated heterocycles. The lowest BCUT2D eigenvalue weighted by molar-refractivity contribution is 0.243. The Hall–Kier alpha value is -2.00. The molecule has 3 heterocycles. The van der Waals surface area contributed by atoms with Crippen LogP contribution in [0.15, 0.2) is 26.3 Å². The number of piperidine rings is 1. The van der Waals surface area contributed by atoms with Gasteiger partial charge in [0.15, 0.2) is 5.76 Å². The minimum absolute atomic E-state index is 0.0924. The third-order valence-corrected chi connectivity index (χ3v) is 7.60. The standard InChI is InChI=1S/C18H24N4O4S/c1-12-18(13(2)26-20-12)27(24,25)21-9-7-14(8-10-21)11-22-17(23)6-5-16(19-22)15-3-4-15/h5-6,14-15H,3-4,7-11H2,1-2H3. The number of nitrogens with zero attached hydrogens (tertiary/aromatic N) is 4. The van der Waals surface area contributed by atoms with Gasteiger partial charge in [-0.15, -0.1) is 0 Å². The Morgan fingerprint density at radius 3 is 2.44 bits per heavy atom. The summed E-state index contributed by atoms with van der Waals surface area (Å²) in [5, 5.41) is 8.27. The number of aromatic nitrogens is 3. The molecule has 27 heavy (non-hydrogen) atoms. The molecule has 4 rings (SSSR count). The second kappa shape index (κ2) is 6.87. The van der Waals surface area contributed by atoms with Crippen LogP contribution in [-0.2, 0) is 16.6 Å². The molecule has 2 aromatic heterocycles. The summed E-state index contributed by atoms with van der Waals surface area (Å²) in [5.74, 6) is 1.06. The smallest absolute Gasteiger partial charge is 0.266 e. The lowest BCUT2D eigenvalue weighted by atomic mass is 9.98. The van der Waals surface area contributed by atoms with Gasteiger partial charge in [-0.25, -0.2) is 13.1 Å². The molecular weight excluding hydrogens is 368 g/mol. The van der Waals surface area contributed by atoms with Crippen molar-refractivity contribution >= 4 is 10.0 Å². The fourth-order valence-corrected chi connectivity index (χ4v) is 5.50. The number of sulfonamides is 1. The third-order valence-electron chi connectivity index (χ3n) is 5.45. The van der Waals surface area contributed by atoms with E-state index in [0.29, 0.717) is 49.8 Å². The van der Waals surface area contributed by atoms with Crippen LogP contribution in [0.5, 0.6) is 0 Å². The highest BCUT2D eigenvalue weighted by molar-refractivity contribution is 7.89. The molecule has 0 radical (unpaired) electrons. The van der Waals surface area contributed by atoms with Crippen molar-refractivity contribution in [1.82, 2.24) is 19.2 Å². The number of rotatable bonds is 5. The van der Waals surface area contributed by atoms with Crippen molar-refractivity contribution in [3.8, 4) is 0 Å². The summed E-state index contributed by atoms with van der Waals surface area (Å²) in [4.78, 5) is 12.3. The van der Waals surface area contributed by atoms with Crippen LogP contribution in [0, 0.1) is 19.8 Å². The minimum atomic E-state index is -3.60. The van der Waals surface area contributed by atoms with E-state index >= 15 is 0 Å². The Labute approximate surface area is 158 Å². The molecule has 9 heteroatoms. The second-order valence-corrected chi connectivity index (χ2v) is 9.43. The third kappa shape index (κ3) is 3.58. The van der Waals surface area contributed by atoms with Gasteiger partial charge in [-0.3, -0.25) is 4.79 Å². The van der Waals surface area contributed by atoms with Gasteiger partial charge in [-0.05, 0) is 51.5 Å². The second-order valence-electron chi connectivity index (χ2n) is 7.55. The zero-order valence-corrected chi connectivity index (χ0v) is 16.4. The van der Waals surface area contributed by atoms with Gasteiger partial charge < -0.3 is 4.52 Å². The Kier molecular flexibility index (Phi) is 4.67. The summed E-state index contributed by atoms with van der Waals surface area (Å²) in [5.41, 5.74) is 1.29. The highest BCUT2D eigenvalue weighted by Crippen LogP contribution is 2.38. The molecule has 0 N–H and O–H groups in total. The zero-order chi connectivity index (χ0) is 19.2. The highest BCUT2D eigenvalue weighted by Gasteiger charge is 2.34. The van der Waals surface area contributed by atoms with Crippen LogP contribution in [0.25, 0.3) is 0 Å². The molecule has 146 valence electrons. The first-order valence-corrected chi connectivity index (χ1v) is 10.8. The normalized spacial score (nSPS) is 19.5. The molecule has 1 saturated carbocycles. The quantitative estimate of drug-likeness (QED) is 0.770. The van der Waals surface area contributed by atoms with Gasteiger partial charge in [-0.1, -0.05) is 5.16 Å². The summed E-state index contributed by atoms with van der Waals surface area (Å²) >= 11 is 0. The Bertz CT molecular complexity index is 979. The van der Waals surface area contributed by atoms with E-state index in [1.165, 1.54) is 4.31 Å². The molecule has 0 atom stereocenters. The number of aryl methyl sites for hydroxylation is 2. The summed E-state index contributed by atoms with van der Waals surface area (Å²) in [6.45, 7) is 4.65. The Balaban J connectivity index is 1.44. The van der Waals surface area contributed by atoms with Crippen LogP contribution in [0.3, 0.4) is 0 Å². The minimum Gasteiger partial charge on any atom is -0.360 e. The molecule has 0 aromatic carbocycles. The Morgan fingerprint density at radius 1 is 1.15 bits per heavy atom. The highest BCUT2D eigenvalue weighted by atomic mass is 32.2. The van der Waals surface area contributed by atoms with Gasteiger partial charge in [-0.2, -0.15) is 9.40 Å². The predicted octanol–water partition coefficient (Wildman–Crippen LogP) is 1.83. The Morgan fingerprint density at radius 2 is 1.85 bits per heavy atom. The van der Waals surface area contributed by atoms with Crippen LogP contribution >= 0.6 is 0 Å². The first-order chi connectivity index (χ1) is 12.9. The van der Waals surface area contributed by atoms with Crippen molar-refractivity contribution in [2.45, 2.75) is 56.9 Å². The summed E-state index contributed by atoms with van der Waals surface area (Å²) in [6.07, 6.45) is 3.68. The number of hydrogen-bond acceptors (Lipinski definition) is 6. The molecule has 1 aliphatic carbocycles. The fourth-order valence-electron chi connectivity index (χ4n) is 3.74. The van der Waals surface area contributed by atoms with Gasteiger partial charge in [0.25, 0.3) is 5.56 Å².